The van der Waals surface area contributed by atoms with Crippen molar-refractivity contribution in [1.29, 1.82) is 0 Å². The SMILES string of the molecule is CC(C)CNC(=O)[C@H](C)O. The average Bonchev–Trinajstić information content (AvgIpc) is 1.82. The predicted molar refractivity (Wildman–Crippen MR) is 39.5 cm³/mol. The van der Waals surface area contributed by atoms with E-state index in [1.165, 1.54) is 6.92 Å². The second kappa shape index (κ2) is 4.28. The Bertz CT molecular complexity index is 110. The molecule has 0 aromatic rings. The zero-order valence-corrected chi connectivity index (χ0v) is 6.72. The summed E-state index contributed by atoms with van der Waals surface area (Å²) in [5.74, 6) is 0.136. The van der Waals surface area contributed by atoms with Crippen LogP contribution in [0.25, 0.3) is 0 Å². The van der Waals surface area contributed by atoms with Crippen LogP contribution in [0.3, 0.4) is 0 Å². The van der Waals surface area contributed by atoms with E-state index in [4.69, 9.17) is 5.11 Å². The number of nitrogens with one attached hydrogen (secondary N) is 1. The van der Waals surface area contributed by atoms with Gasteiger partial charge in [0.2, 0.25) is 5.91 Å². The lowest BCUT2D eigenvalue weighted by molar-refractivity contribution is -0.128. The number of hydrogen-bond acceptors (Lipinski definition) is 2. The molecule has 3 heteroatoms. The highest BCUT2D eigenvalue weighted by atomic mass is 16.3. The Balaban J connectivity index is 3.40. The molecular formula is C7H15NO2. The van der Waals surface area contributed by atoms with Gasteiger partial charge in [0.05, 0.1) is 0 Å². The largest absolute Gasteiger partial charge is 0.384 e. The predicted octanol–water partition coefficient (Wildman–Crippen LogP) is 0.139. The van der Waals surface area contributed by atoms with Crippen LogP contribution in [0.5, 0.6) is 0 Å². The van der Waals surface area contributed by atoms with Crippen LogP contribution in [0.2, 0.25) is 0 Å². The molecule has 0 saturated carbocycles. The highest BCUT2D eigenvalue weighted by Crippen LogP contribution is 1.87. The molecule has 0 heterocycles. The molecule has 0 radical (unpaired) electrons. The standard InChI is InChI=1S/C7H15NO2/c1-5(2)4-8-7(10)6(3)9/h5-6,9H,4H2,1-3H3,(H,8,10)/t6-/m0/s1. The van der Waals surface area contributed by atoms with E-state index < -0.39 is 6.10 Å². The van der Waals surface area contributed by atoms with Gasteiger partial charge in [0.15, 0.2) is 0 Å². The minimum atomic E-state index is -0.890. The molecule has 0 aliphatic rings. The van der Waals surface area contributed by atoms with E-state index in [0.717, 1.165) is 0 Å². The fraction of sp³-hybridized carbons (Fsp3) is 0.857. The van der Waals surface area contributed by atoms with Gasteiger partial charge >= 0.3 is 0 Å². The molecule has 0 fully saturated rings. The van der Waals surface area contributed by atoms with Crippen LogP contribution in [0.4, 0.5) is 0 Å². The first-order valence-electron chi connectivity index (χ1n) is 3.49. The normalized spacial score (nSPS) is 13.3. The summed E-state index contributed by atoms with van der Waals surface area (Å²) < 4.78 is 0. The Morgan fingerprint density at radius 1 is 1.50 bits per heavy atom. The van der Waals surface area contributed by atoms with Crippen LogP contribution in [0.15, 0.2) is 0 Å². The lowest BCUT2D eigenvalue weighted by Crippen LogP contribution is -2.34. The van der Waals surface area contributed by atoms with Crippen LogP contribution in [0.1, 0.15) is 20.8 Å². The Morgan fingerprint density at radius 2 is 2.00 bits per heavy atom. The van der Waals surface area contributed by atoms with Crippen molar-refractivity contribution in [2.45, 2.75) is 26.9 Å². The third-order valence-corrected chi connectivity index (χ3v) is 1.06. The lowest BCUT2D eigenvalue weighted by atomic mass is 10.2. The van der Waals surface area contributed by atoms with Crippen LogP contribution in [-0.4, -0.2) is 23.7 Å². The number of hydrogen-bond donors (Lipinski definition) is 2. The van der Waals surface area contributed by atoms with Gasteiger partial charge in [0, 0.05) is 6.54 Å². The third-order valence-electron chi connectivity index (χ3n) is 1.06. The van der Waals surface area contributed by atoms with Crippen molar-refractivity contribution in [2.24, 2.45) is 5.92 Å². The van der Waals surface area contributed by atoms with Gasteiger partial charge in [-0.15, -0.1) is 0 Å². The second-order valence-corrected chi connectivity index (χ2v) is 2.81. The van der Waals surface area contributed by atoms with Crippen molar-refractivity contribution >= 4 is 5.91 Å². The van der Waals surface area contributed by atoms with Crippen molar-refractivity contribution in [3.8, 4) is 0 Å². The van der Waals surface area contributed by atoms with E-state index in [9.17, 15) is 4.79 Å². The molecule has 0 aliphatic heterocycles. The number of carbonyl (C=O) groups excluding carboxylic acids is 1. The van der Waals surface area contributed by atoms with Gasteiger partial charge in [-0.1, -0.05) is 13.8 Å². The summed E-state index contributed by atoms with van der Waals surface area (Å²) >= 11 is 0. The summed E-state index contributed by atoms with van der Waals surface area (Å²) in [4.78, 5) is 10.7. The first-order chi connectivity index (χ1) is 4.54. The first-order valence-corrected chi connectivity index (χ1v) is 3.49. The van der Waals surface area contributed by atoms with Gasteiger partial charge in [-0.25, -0.2) is 0 Å². The molecule has 60 valence electrons. The maximum absolute atomic E-state index is 10.7. The van der Waals surface area contributed by atoms with Gasteiger partial charge in [0.1, 0.15) is 6.10 Å². The monoisotopic (exact) mass is 145 g/mol. The quantitative estimate of drug-likeness (QED) is 0.593. The van der Waals surface area contributed by atoms with Crippen LogP contribution in [0, 0.1) is 5.92 Å². The Hall–Kier alpha value is -0.570. The van der Waals surface area contributed by atoms with Crippen LogP contribution < -0.4 is 5.32 Å². The summed E-state index contributed by atoms with van der Waals surface area (Å²) in [6.07, 6.45) is -0.890. The molecule has 10 heavy (non-hydrogen) atoms. The smallest absolute Gasteiger partial charge is 0.248 e. The number of aliphatic hydroxyl groups excluding tert-OH is 1. The third kappa shape index (κ3) is 4.32. The molecule has 0 aliphatic carbocycles. The molecule has 0 aromatic carbocycles. The summed E-state index contributed by atoms with van der Waals surface area (Å²) in [5, 5.41) is 11.3. The molecule has 0 rings (SSSR count). The highest BCUT2D eigenvalue weighted by molar-refractivity contribution is 5.79. The van der Waals surface area contributed by atoms with Gasteiger partial charge in [-0.3, -0.25) is 4.79 Å². The fourth-order valence-electron chi connectivity index (χ4n) is 0.452. The molecular weight excluding hydrogens is 130 g/mol. The Labute approximate surface area is 61.4 Å². The van der Waals surface area contributed by atoms with E-state index in [1.54, 1.807) is 0 Å². The van der Waals surface area contributed by atoms with Crippen molar-refractivity contribution in [3.63, 3.8) is 0 Å². The minimum absolute atomic E-state index is 0.297. The highest BCUT2D eigenvalue weighted by Gasteiger charge is 2.07. The molecule has 1 atom stereocenters. The molecule has 0 bridgehead atoms. The first kappa shape index (κ1) is 9.43. The van der Waals surface area contributed by atoms with Crippen molar-refractivity contribution in [3.05, 3.63) is 0 Å². The summed E-state index contributed by atoms with van der Waals surface area (Å²) in [6.45, 7) is 6.09. The topological polar surface area (TPSA) is 49.3 Å². The van der Waals surface area contributed by atoms with Gasteiger partial charge in [-0.05, 0) is 12.8 Å². The van der Waals surface area contributed by atoms with Crippen molar-refractivity contribution < 1.29 is 9.90 Å². The molecule has 0 unspecified atom stereocenters. The second-order valence-electron chi connectivity index (χ2n) is 2.81. The van der Waals surface area contributed by atoms with E-state index in [2.05, 4.69) is 5.32 Å². The lowest BCUT2D eigenvalue weighted by Gasteiger charge is -2.08. The summed E-state index contributed by atoms with van der Waals surface area (Å²) in [5.41, 5.74) is 0. The number of amides is 1. The number of rotatable bonds is 3. The summed E-state index contributed by atoms with van der Waals surface area (Å²) in [7, 11) is 0. The van der Waals surface area contributed by atoms with Gasteiger partial charge < -0.3 is 10.4 Å². The van der Waals surface area contributed by atoms with Crippen LogP contribution in [-0.2, 0) is 4.79 Å². The Morgan fingerprint density at radius 3 is 2.30 bits per heavy atom. The molecule has 1 amide bonds. The van der Waals surface area contributed by atoms with E-state index in [1.807, 2.05) is 13.8 Å². The molecule has 0 spiro atoms. The zero-order chi connectivity index (χ0) is 8.15. The number of carbonyl (C=O) groups is 1. The zero-order valence-electron chi connectivity index (χ0n) is 6.72. The molecule has 0 aromatic heterocycles. The molecule has 3 nitrogen and oxygen atoms in total. The van der Waals surface area contributed by atoms with E-state index >= 15 is 0 Å². The summed E-state index contributed by atoms with van der Waals surface area (Å²) in [6, 6.07) is 0. The molecule has 2 N–H and O–H groups in total. The maximum atomic E-state index is 10.7. The molecule has 0 saturated heterocycles. The van der Waals surface area contributed by atoms with Crippen molar-refractivity contribution in [2.75, 3.05) is 6.54 Å². The van der Waals surface area contributed by atoms with Gasteiger partial charge in [0.25, 0.3) is 0 Å². The van der Waals surface area contributed by atoms with E-state index in [0.29, 0.717) is 12.5 Å². The number of aliphatic hydroxyl groups is 1. The van der Waals surface area contributed by atoms with E-state index in [-0.39, 0.29) is 5.91 Å². The van der Waals surface area contributed by atoms with Crippen LogP contribution >= 0.6 is 0 Å². The fourth-order valence-corrected chi connectivity index (χ4v) is 0.452. The Kier molecular flexibility index (Phi) is 4.03. The minimum Gasteiger partial charge on any atom is -0.384 e. The average molecular weight is 145 g/mol. The van der Waals surface area contributed by atoms with Gasteiger partial charge in [-0.2, -0.15) is 0 Å². The van der Waals surface area contributed by atoms with Crippen molar-refractivity contribution in [1.82, 2.24) is 5.32 Å². The maximum Gasteiger partial charge on any atom is 0.248 e.